The zero-order chi connectivity index (χ0) is 19.2. The minimum absolute atomic E-state index is 0.128. The average molecular weight is 365 g/mol. The molecule has 138 valence electrons. The molecule has 0 radical (unpaired) electrons. The van der Waals surface area contributed by atoms with Crippen molar-refractivity contribution in [2.24, 2.45) is 0 Å². The van der Waals surface area contributed by atoms with E-state index in [1.54, 1.807) is 42.3 Å². The van der Waals surface area contributed by atoms with Crippen molar-refractivity contribution in [3.63, 3.8) is 0 Å². The number of aromatic nitrogens is 2. The van der Waals surface area contributed by atoms with Gasteiger partial charge in [0, 0.05) is 30.8 Å². The van der Waals surface area contributed by atoms with Crippen molar-refractivity contribution >= 4 is 23.6 Å². The number of hydrogen-bond acceptors (Lipinski definition) is 5. The first kappa shape index (κ1) is 18.2. The molecule has 2 heterocycles. The first-order valence-corrected chi connectivity index (χ1v) is 8.30. The van der Waals surface area contributed by atoms with Crippen LogP contribution in [0.2, 0.25) is 0 Å². The number of methoxy groups -OCH3 is 1. The number of carbonyl (C=O) groups is 2. The van der Waals surface area contributed by atoms with Gasteiger partial charge in [-0.2, -0.15) is 5.10 Å². The van der Waals surface area contributed by atoms with Gasteiger partial charge < -0.3 is 14.5 Å². The van der Waals surface area contributed by atoms with Gasteiger partial charge in [-0.05, 0) is 24.3 Å². The number of para-hydroxylation sites is 1. The third-order valence-corrected chi connectivity index (χ3v) is 3.77. The summed E-state index contributed by atoms with van der Waals surface area (Å²) in [5, 5.41) is 6.97. The third-order valence-electron chi connectivity index (χ3n) is 3.77. The Morgan fingerprint density at radius 2 is 2.04 bits per heavy atom. The number of Topliss-reactive ketones (excluding diaryl/α,β-unsaturated/α-hetero) is 1. The molecule has 0 atom stereocenters. The lowest BCUT2D eigenvalue weighted by Gasteiger charge is -2.03. The van der Waals surface area contributed by atoms with Crippen LogP contribution >= 0.6 is 0 Å². The second kappa shape index (κ2) is 8.18. The molecule has 0 aliphatic heterocycles. The number of nitrogens with zero attached hydrogens (tertiary/aromatic N) is 2. The molecule has 1 aromatic carbocycles. The van der Waals surface area contributed by atoms with Gasteiger partial charge in [0.15, 0.2) is 17.4 Å². The maximum absolute atomic E-state index is 12.1. The summed E-state index contributed by atoms with van der Waals surface area (Å²) < 4.78 is 12.3. The molecule has 0 fully saturated rings. The fourth-order valence-corrected chi connectivity index (χ4v) is 2.47. The van der Waals surface area contributed by atoms with Gasteiger partial charge >= 0.3 is 0 Å². The van der Waals surface area contributed by atoms with Gasteiger partial charge in [0.1, 0.15) is 11.5 Å². The molecule has 7 heteroatoms. The summed E-state index contributed by atoms with van der Waals surface area (Å²) in [6.45, 7) is 1.81. The fraction of sp³-hybridized carbons (Fsp3) is 0.150. The Morgan fingerprint density at radius 1 is 1.22 bits per heavy atom. The van der Waals surface area contributed by atoms with E-state index in [1.807, 2.05) is 24.3 Å². The van der Waals surface area contributed by atoms with Gasteiger partial charge in [0.2, 0.25) is 5.91 Å². The molecule has 7 nitrogen and oxygen atoms in total. The molecule has 0 unspecified atom stereocenters. The first-order chi connectivity index (χ1) is 13.0. The number of furan rings is 1. The lowest BCUT2D eigenvalue weighted by atomic mass is 10.2. The minimum Gasteiger partial charge on any atom is -0.496 e. The normalized spacial score (nSPS) is 10.9. The number of nitrogens with one attached hydrogen (secondary N) is 1. The maximum atomic E-state index is 12.1. The highest BCUT2D eigenvalue weighted by Crippen LogP contribution is 2.18. The summed E-state index contributed by atoms with van der Waals surface area (Å²) >= 11 is 0. The summed E-state index contributed by atoms with van der Waals surface area (Å²) in [6.07, 6.45) is 4.81. The lowest BCUT2D eigenvalue weighted by Crippen LogP contribution is -2.09. The van der Waals surface area contributed by atoms with Crippen molar-refractivity contribution in [1.82, 2.24) is 9.78 Å². The van der Waals surface area contributed by atoms with Gasteiger partial charge in [-0.25, -0.2) is 0 Å². The van der Waals surface area contributed by atoms with Gasteiger partial charge in [-0.3, -0.25) is 14.3 Å². The van der Waals surface area contributed by atoms with E-state index in [9.17, 15) is 9.59 Å². The minimum atomic E-state index is -0.303. The van der Waals surface area contributed by atoms with Crippen LogP contribution in [0.1, 0.15) is 28.8 Å². The highest BCUT2D eigenvalue weighted by Gasteiger charge is 2.08. The van der Waals surface area contributed by atoms with Crippen molar-refractivity contribution in [2.75, 3.05) is 12.4 Å². The second-order valence-corrected chi connectivity index (χ2v) is 5.79. The molecule has 0 saturated heterocycles. The quantitative estimate of drug-likeness (QED) is 0.512. The molecule has 1 amide bonds. The Kier molecular flexibility index (Phi) is 5.51. The number of carbonyl (C=O) groups excluding carboxylic acids is 2. The van der Waals surface area contributed by atoms with Crippen LogP contribution in [0.5, 0.6) is 5.75 Å². The average Bonchev–Trinajstić information content (AvgIpc) is 3.30. The lowest BCUT2D eigenvalue weighted by molar-refractivity contribution is -0.111. The van der Waals surface area contributed by atoms with Crippen molar-refractivity contribution in [3.8, 4) is 5.75 Å². The number of hydrogen-bond donors (Lipinski definition) is 1. The third kappa shape index (κ3) is 4.72. The highest BCUT2D eigenvalue weighted by atomic mass is 16.5. The zero-order valence-electron chi connectivity index (χ0n) is 15.0. The molecular formula is C20H19N3O4. The standard InChI is InChI=1S/C20H19N3O4/c1-14(24)17-9-8-16(27-17)13-23-12-11-19(22-23)21-20(25)10-7-15-5-3-4-6-18(15)26-2/h3-12H,13H2,1-2H3,(H,21,22,25). The number of benzene rings is 1. The van der Waals surface area contributed by atoms with E-state index in [1.165, 1.54) is 13.0 Å². The van der Waals surface area contributed by atoms with Gasteiger partial charge in [0.25, 0.3) is 0 Å². The molecule has 27 heavy (non-hydrogen) atoms. The molecule has 1 N–H and O–H groups in total. The van der Waals surface area contributed by atoms with Crippen molar-refractivity contribution in [1.29, 1.82) is 0 Å². The molecule has 0 spiro atoms. The summed E-state index contributed by atoms with van der Waals surface area (Å²) in [5.41, 5.74) is 0.805. The number of rotatable bonds is 7. The largest absolute Gasteiger partial charge is 0.496 e. The predicted molar refractivity (Wildman–Crippen MR) is 101 cm³/mol. The van der Waals surface area contributed by atoms with Crippen LogP contribution in [0.4, 0.5) is 5.82 Å². The van der Waals surface area contributed by atoms with Crippen LogP contribution < -0.4 is 10.1 Å². The van der Waals surface area contributed by atoms with Crippen LogP contribution in [0.25, 0.3) is 6.08 Å². The number of ketones is 1. The smallest absolute Gasteiger partial charge is 0.249 e. The predicted octanol–water partition coefficient (Wildman–Crippen LogP) is 3.39. The molecule has 0 aliphatic carbocycles. The maximum Gasteiger partial charge on any atom is 0.249 e. The van der Waals surface area contributed by atoms with Crippen molar-refractivity contribution < 1.29 is 18.7 Å². The Morgan fingerprint density at radius 3 is 2.78 bits per heavy atom. The van der Waals surface area contributed by atoms with E-state index < -0.39 is 0 Å². The zero-order valence-corrected chi connectivity index (χ0v) is 15.0. The summed E-state index contributed by atoms with van der Waals surface area (Å²) in [7, 11) is 1.58. The summed E-state index contributed by atoms with van der Waals surface area (Å²) in [6, 6.07) is 12.5. The topological polar surface area (TPSA) is 86.4 Å². The van der Waals surface area contributed by atoms with Crippen LogP contribution in [-0.2, 0) is 11.3 Å². The summed E-state index contributed by atoms with van der Waals surface area (Å²) in [5.74, 6) is 1.60. The van der Waals surface area contributed by atoms with Crippen LogP contribution in [0, 0.1) is 0 Å². The van der Waals surface area contributed by atoms with E-state index in [2.05, 4.69) is 10.4 Å². The van der Waals surface area contributed by atoms with Gasteiger partial charge in [-0.15, -0.1) is 0 Å². The van der Waals surface area contributed by atoms with Gasteiger partial charge in [-0.1, -0.05) is 18.2 Å². The first-order valence-electron chi connectivity index (χ1n) is 8.30. The Labute approximate surface area is 156 Å². The molecule has 0 aliphatic rings. The number of amides is 1. The number of anilines is 1. The van der Waals surface area contributed by atoms with E-state index in [-0.39, 0.29) is 11.7 Å². The molecule has 2 aromatic heterocycles. The molecule has 0 bridgehead atoms. The van der Waals surface area contributed by atoms with E-state index >= 15 is 0 Å². The highest BCUT2D eigenvalue weighted by molar-refractivity contribution is 6.01. The number of ether oxygens (including phenoxy) is 1. The monoisotopic (exact) mass is 365 g/mol. The van der Waals surface area contributed by atoms with Crippen LogP contribution in [0.15, 0.2) is 59.2 Å². The van der Waals surface area contributed by atoms with Crippen LogP contribution in [0.3, 0.4) is 0 Å². The molecular weight excluding hydrogens is 346 g/mol. The second-order valence-electron chi connectivity index (χ2n) is 5.79. The molecule has 3 rings (SSSR count). The SMILES string of the molecule is COc1ccccc1C=CC(=O)Nc1ccn(Cc2ccc(C(C)=O)o2)n1. The van der Waals surface area contributed by atoms with E-state index in [4.69, 9.17) is 9.15 Å². The molecule has 0 saturated carbocycles. The van der Waals surface area contributed by atoms with E-state index in [0.29, 0.717) is 29.6 Å². The Bertz CT molecular complexity index is 985. The van der Waals surface area contributed by atoms with Crippen molar-refractivity contribution in [2.45, 2.75) is 13.5 Å². The Balaban J connectivity index is 1.60. The Hall–Kier alpha value is -3.61. The van der Waals surface area contributed by atoms with Crippen LogP contribution in [-0.4, -0.2) is 28.6 Å². The fourth-order valence-electron chi connectivity index (χ4n) is 2.47. The van der Waals surface area contributed by atoms with Crippen molar-refractivity contribution in [3.05, 3.63) is 71.8 Å². The summed E-state index contributed by atoms with van der Waals surface area (Å²) in [4.78, 5) is 23.4. The van der Waals surface area contributed by atoms with Gasteiger partial charge in [0.05, 0.1) is 13.7 Å². The van der Waals surface area contributed by atoms with E-state index in [0.717, 1.165) is 5.56 Å². The molecule has 3 aromatic rings.